The summed E-state index contributed by atoms with van der Waals surface area (Å²) in [4.78, 5) is 8.23. The second kappa shape index (κ2) is 6.32. The van der Waals surface area contributed by atoms with Crippen molar-refractivity contribution in [1.29, 1.82) is 5.26 Å². The number of hydrogen-bond donors (Lipinski definition) is 1. The van der Waals surface area contributed by atoms with E-state index >= 15 is 0 Å². The first-order valence-corrected chi connectivity index (χ1v) is 6.84. The standard InChI is InChI=1S/C14H14N4S/c1-16-14(10-15,12-5-3-2-4-6-12)11-19-13-9-17-7-8-18-13/h2-9,16H,11H2,1H3. The molecule has 2 aromatic rings. The van der Waals surface area contributed by atoms with Gasteiger partial charge in [-0.2, -0.15) is 5.26 Å². The Labute approximate surface area is 116 Å². The van der Waals surface area contributed by atoms with Gasteiger partial charge >= 0.3 is 0 Å². The first-order chi connectivity index (χ1) is 9.30. The third-order valence-corrected chi connectivity index (χ3v) is 3.94. The van der Waals surface area contributed by atoms with E-state index in [1.54, 1.807) is 25.6 Å². The van der Waals surface area contributed by atoms with Gasteiger partial charge in [0.05, 0.1) is 12.3 Å². The molecule has 0 fully saturated rings. The van der Waals surface area contributed by atoms with E-state index in [9.17, 15) is 5.26 Å². The second-order valence-corrected chi connectivity index (χ2v) is 4.96. The highest BCUT2D eigenvalue weighted by atomic mass is 32.2. The smallest absolute Gasteiger partial charge is 0.141 e. The summed E-state index contributed by atoms with van der Waals surface area (Å²) in [6.07, 6.45) is 4.99. The molecule has 96 valence electrons. The topological polar surface area (TPSA) is 61.6 Å². The van der Waals surface area contributed by atoms with Crippen LogP contribution in [0.2, 0.25) is 0 Å². The van der Waals surface area contributed by atoms with E-state index in [-0.39, 0.29) is 0 Å². The molecule has 0 aliphatic heterocycles. The lowest BCUT2D eigenvalue weighted by atomic mass is 9.94. The van der Waals surface area contributed by atoms with Crippen molar-refractivity contribution < 1.29 is 0 Å². The van der Waals surface area contributed by atoms with Gasteiger partial charge in [0.25, 0.3) is 0 Å². The predicted octanol–water partition coefficient (Wildman–Crippen LogP) is 2.21. The summed E-state index contributed by atoms with van der Waals surface area (Å²) in [5, 5.41) is 13.5. The fraction of sp³-hybridized carbons (Fsp3) is 0.214. The summed E-state index contributed by atoms with van der Waals surface area (Å²) >= 11 is 1.51. The van der Waals surface area contributed by atoms with Crippen LogP contribution in [0.5, 0.6) is 0 Å². The van der Waals surface area contributed by atoms with Crippen molar-refractivity contribution >= 4 is 11.8 Å². The molecule has 1 N–H and O–H groups in total. The van der Waals surface area contributed by atoms with Crippen LogP contribution in [0.4, 0.5) is 0 Å². The third kappa shape index (κ3) is 3.11. The molecule has 0 radical (unpaired) electrons. The van der Waals surface area contributed by atoms with Gasteiger partial charge < -0.3 is 0 Å². The SMILES string of the molecule is CNC(C#N)(CSc1cnccn1)c1ccccc1. The van der Waals surface area contributed by atoms with Gasteiger partial charge in [0, 0.05) is 18.1 Å². The molecule has 2 rings (SSSR count). The molecule has 1 aromatic heterocycles. The van der Waals surface area contributed by atoms with Gasteiger partial charge in [-0.15, -0.1) is 11.8 Å². The summed E-state index contributed by atoms with van der Waals surface area (Å²) in [5.74, 6) is 0.572. The van der Waals surface area contributed by atoms with Crippen molar-refractivity contribution in [2.75, 3.05) is 12.8 Å². The van der Waals surface area contributed by atoms with Crippen LogP contribution in [-0.2, 0) is 5.54 Å². The van der Waals surface area contributed by atoms with E-state index in [2.05, 4.69) is 21.4 Å². The number of hydrogen-bond acceptors (Lipinski definition) is 5. The van der Waals surface area contributed by atoms with E-state index in [0.29, 0.717) is 5.75 Å². The van der Waals surface area contributed by atoms with Crippen molar-refractivity contribution in [1.82, 2.24) is 15.3 Å². The van der Waals surface area contributed by atoms with Crippen molar-refractivity contribution in [2.24, 2.45) is 0 Å². The zero-order chi connectivity index (χ0) is 13.6. The lowest BCUT2D eigenvalue weighted by Crippen LogP contribution is -2.41. The number of nitrogens with one attached hydrogen (secondary N) is 1. The molecule has 0 bridgehead atoms. The highest BCUT2D eigenvalue weighted by molar-refractivity contribution is 7.99. The van der Waals surface area contributed by atoms with Gasteiger partial charge in [-0.1, -0.05) is 30.3 Å². The molecule has 0 spiro atoms. The number of nitriles is 1. The van der Waals surface area contributed by atoms with E-state index in [4.69, 9.17) is 0 Å². The summed E-state index contributed by atoms with van der Waals surface area (Å²) in [6, 6.07) is 12.1. The molecule has 1 heterocycles. The lowest BCUT2D eigenvalue weighted by Gasteiger charge is -2.26. The van der Waals surface area contributed by atoms with E-state index in [1.165, 1.54) is 11.8 Å². The largest absolute Gasteiger partial charge is 0.298 e. The number of aromatic nitrogens is 2. The Morgan fingerprint density at radius 2 is 2.11 bits per heavy atom. The highest BCUT2D eigenvalue weighted by Crippen LogP contribution is 2.27. The quantitative estimate of drug-likeness (QED) is 0.844. The number of rotatable bonds is 5. The van der Waals surface area contributed by atoms with Crippen molar-refractivity contribution in [3.8, 4) is 6.07 Å². The molecule has 4 nitrogen and oxygen atoms in total. The summed E-state index contributed by atoms with van der Waals surface area (Å²) in [7, 11) is 1.80. The molecule has 0 aliphatic rings. The lowest BCUT2D eigenvalue weighted by molar-refractivity contribution is 0.528. The highest BCUT2D eigenvalue weighted by Gasteiger charge is 2.30. The van der Waals surface area contributed by atoms with Gasteiger partial charge in [-0.3, -0.25) is 10.3 Å². The van der Waals surface area contributed by atoms with E-state index < -0.39 is 5.54 Å². The van der Waals surface area contributed by atoms with Crippen molar-refractivity contribution in [3.05, 3.63) is 54.5 Å². The van der Waals surface area contributed by atoms with Gasteiger partial charge in [0.1, 0.15) is 10.6 Å². The number of nitrogens with zero attached hydrogens (tertiary/aromatic N) is 3. The van der Waals surface area contributed by atoms with Crippen LogP contribution in [0.1, 0.15) is 5.56 Å². The summed E-state index contributed by atoms with van der Waals surface area (Å²) in [6.45, 7) is 0. The maximum absolute atomic E-state index is 9.55. The first-order valence-electron chi connectivity index (χ1n) is 5.85. The normalized spacial score (nSPS) is 13.5. The van der Waals surface area contributed by atoms with Crippen molar-refractivity contribution in [2.45, 2.75) is 10.6 Å². The molecular formula is C14H14N4S. The minimum absolute atomic E-state index is 0.572. The summed E-state index contributed by atoms with van der Waals surface area (Å²) in [5.41, 5.74) is 0.236. The molecule has 5 heteroatoms. The molecule has 0 saturated heterocycles. The predicted molar refractivity (Wildman–Crippen MR) is 75.5 cm³/mol. The van der Waals surface area contributed by atoms with Gasteiger partial charge in [0.15, 0.2) is 0 Å². The Morgan fingerprint density at radius 1 is 1.32 bits per heavy atom. The Hall–Kier alpha value is -1.90. The zero-order valence-corrected chi connectivity index (χ0v) is 11.4. The Bertz CT molecular complexity index is 553. The fourth-order valence-corrected chi connectivity index (χ4v) is 2.73. The fourth-order valence-electron chi connectivity index (χ4n) is 1.72. The number of benzene rings is 1. The summed E-state index contributed by atoms with van der Waals surface area (Å²) < 4.78 is 0. The molecule has 1 aromatic carbocycles. The molecule has 1 unspecified atom stereocenters. The van der Waals surface area contributed by atoms with Crippen LogP contribution in [0.3, 0.4) is 0 Å². The van der Waals surface area contributed by atoms with Gasteiger partial charge in [-0.05, 0) is 12.6 Å². The van der Waals surface area contributed by atoms with Crippen LogP contribution in [0.25, 0.3) is 0 Å². The molecule has 19 heavy (non-hydrogen) atoms. The van der Waals surface area contributed by atoms with Crippen LogP contribution in [-0.4, -0.2) is 22.8 Å². The van der Waals surface area contributed by atoms with E-state index in [0.717, 1.165) is 10.6 Å². The Kier molecular flexibility index (Phi) is 4.50. The molecule has 0 amide bonds. The maximum Gasteiger partial charge on any atom is 0.141 e. The van der Waals surface area contributed by atoms with Crippen LogP contribution in [0, 0.1) is 11.3 Å². The average Bonchev–Trinajstić information content (AvgIpc) is 2.51. The molecule has 1 atom stereocenters. The zero-order valence-electron chi connectivity index (χ0n) is 10.6. The van der Waals surface area contributed by atoms with Gasteiger partial charge in [0.2, 0.25) is 0 Å². The Balaban J connectivity index is 2.20. The minimum atomic E-state index is -0.719. The first kappa shape index (κ1) is 13.5. The van der Waals surface area contributed by atoms with E-state index in [1.807, 2.05) is 30.3 Å². The second-order valence-electron chi connectivity index (χ2n) is 3.97. The van der Waals surface area contributed by atoms with Crippen LogP contribution >= 0.6 is 11.8 Å². The minimum Gasteiger partial charge on any atom is -0.298 e. The average molecular weight is 270 g/mol. The van der Waals surface area contributed by atoms with Crippen LogP contribution < -0.4 is 5.32 Å². The Morgan fingerprint density at radius 3 is 2.68 bits per heavy atom. The number of thioether (sulfide) groups is 1. The molecule has 0 saturated carbocycles. The van der Waals surface area contributed by atoms with Gasteiger partial charge in [-0.25, -0.2) is 4.98 Å². The third-order valence-electron chi connectivity index (χ3n) is 2.86. The molecule has 0 aliphatic carbocycles. The van der Waals surface area contributed by atoms with Crippen molar-refractivity contribution in [3.63, 3.8) is 0 Å². The maximum atomic E-state index is 9.55. The van der Waals surface area contributed by atoms with Crippen LogP contribution in [0.15, 0.2) is 53.9 Å². The monoisotopic (exact) mass is 270 g/mol. The molecular weight excluding hydrogens is 256 g/mol.